The van der Waals surface area contributed by atoms with Crippen LogP contribution in [0.2, 0.25) is 5.02 Å². The Morgan fingerprint density at radius 1 is 1.07 bits per heavy atom. The molecule has 6 nitrogen and oxygen atoms in total. The zero-order chi connectivity index (χ0) is 21.8. The Hall–Kier alpha value is -2.86. The van der Waals surface area contributed by atoms with Gasteiger partial charge in [0.25, 0.3) is 5.91 Å². The minimum atomic E-state index is -0.842. The van der Waals surface area contributed by atoms with E-state index < -0.39 is 18.0 Å². The van der Waals surface area contributed by atoms with E-state index in [-0.39, 0.29) is 18.2 Å². The Morgan fingerprint density at radius 3 is 2.27 bits per heavy atom. The van der Waals surface area contributed by atoms with Crippen molar-refractivity contribution in [2.45, 2.75) is 39.7 Å². The van der Waals surface area contributed by atoms with Gasteiger partial charge < -0.3 is 10.2 Å². The molecule has 0 aliphatic carbocycles. The van der Waals surface area contributed by atoms with E-state index >= 15 is 0 Å². The lowest BCUT2D eigenvalue weighted by Crippen LogP contribution is -2.40. The molecular weight excluding hydrogens is 402 g/mol. The van der Waals surface area contributed by atoms with Crippen LogP contribution >= 0.6 is 11.6 Å². The third-order valence-corrected chi connectivity index (χ3v) is 5.24. The van der Waals surface area contributed by atoms with E-state index in [1.165, 1.54) is 10.5 Å². The van der Waals surface area contributed by atoms with E-state index in [9.17, 15) is 14.4 Å². The summed E-state index contributed by atoms with van der Waals surface area (Å²) in [6, 6.07) is 12.8. The van der Waals surface area contributed by atoms with Crippen molar-refractivity contribution >= 4 is 40.8 Å². The lowest BCUT2D eigenvalue weighted by Gasteiger charge is -2.23. The van der Waals surface area contributed by atoms with Crippen molar-refractivity contribution in [3.8, 4) is 0 Å². The van der Waals surface area contributed by atoms with Crippen molar-refractivity contribution < 1.29 is 14.4 Å². The van der Waals surface area contributed by atoms with E-state index in [2.05, 4.69) is 12.2 Å². The van der Waals surface area contributed by atoms with Gasteiger partial charge >= 0.3 is 6.03 Å². The molecule has 3 rings (SSSR count). The molecule has 7 heteroatoms. The largest absolute Gasteiger partial charge is 0.332 e. The van der Waals surface area contributed by atoms with Crippen LogP contribution in [0.5, 0.6) is 0 Å². The standard InChI is InChI=1S/C23H26ClN3O3/c1-4-16-5-9-18(10-6-16)25-21(28)13-20-22(29)27(19-11-7-17(24)8-12-19)23(30)26(20)14-15(2)3/h5-12,15,20H,4,13-14H2,1-3H3,(H,25,28)/t20-/m0/s1. The second-order valence-corrected chi connectivity index (χ2v) is 8.23. The minimum absolute atomic E-state index is 0.100. The molecule has 0 spiro atoms. The summed E-state index contributed by atoms with van der Waals surface area (Å²) in [5, 5.41) is 3.34. The molecule has 2 aromatic rings. The van der Waals surface area contributed by atoms with Crippen molar-refractivity contribution in [1.82, 2.24) is 4.90 Å². The van der Waals surface area contributed by atoms with Gasteiger partial charge in [0.15, 0.2) is 0 Å². The summed E-state index contributed by atoms with van der Waals surface area (Å²) >= 11 is 5.93. The Bertz CT molecular complexity index is 926. The fraction of sp³-hybridized carbons (Fsp3) is 0.348. The average Bonchev–Trinajstić information content (AvgIpc) is 2.93. The molecule has 1 aliphatic heterocycles. The first-order valence-electron chi connectivity index (χ1n) is 10.1. The molecule has 158 valence electrons. The van der Waals surface area contributed by atoms with E-state index in [1.54, 1.807) is 24.3 Å². The van der Waals surface area contributed by atoms with Crippen LogP contribution in [-0.4, -0.2) is 35.3 Å². The van der Waals surface area contributed by atoms with Gasteiger partial charge in [-0.25, -0.2) is 9.69 Å². The highest BCUT2D eigenvalue weighted by atomic mass is 35.5. The summed E-state index contributed by atoms with van der Waals surface area (Å²) in [4.78, 5) is 41.4. The maximum Gasteiger partial charge on any atom is 0.332 e. The maximum absolute atomic E-state index is 13.1. The molecule has 2 aromatic carbocycles. The highest BCUT2D eigenvalue weighted by molar-refractivity contribution is 6.30. The third-order valence-electron chi connectivity index (χ3n) is 4.99. The zero-order valence-corrected chi connectivity index (χ0v) is 18.1. The van der Waals surface area contributed by atoms with Gasteiger partial charge in [-0.2, -0.15) is 0 Å². The number of rotatable bonds is 7. The number of nitrogens with zero attached hydrogens (tertiary/aromatic N) is 2. The van der Waals surface area contributed by atoms with Gasteiger partial charge in [-0.1, -0.05) is 44.5 Å². The molecule has 1 aliphatic rings. The summed E-state index contributed by atoms with van der Waals surface area (Å²) in [5.41, 5.74) is 2.28. The second kappa shape index (κ2) is 9.30. The molecule has 1 N–H and O–H groups in total. The van der Waals surface area contributed by atoms with Gasteiger partial charge in [0.1, 0.15) is 6.04 Å². The van der Waals surface area contributed by atoms with Crippen molar-refractivity contribution in [3.05, 3.63) is 59.1 Å². The summed E-state index contributed by atoms with van der Waals surface area (Å²) in [5.74, 6) is -0.560. The molecule has 30 heavy (non-hydrogen) atoms. The molecule has 4 amide bonds. The van der Waals surface area contributed by atoms with Gasteiger partial charge in [0, 0.05) is 17.3 Å². The van der Waals surface area contributed by atoms with E-state index in [0.717, 1.165) is 11.3 Å². The van der Waals surface area contributed by atoms with Gasteiger partial charge in [0.2, 0.25) is 5.91 Å². The van der Waals surface area contributed by atoms with Crippen molar-refractivity contribution in [1.29, 1.82) is 0 Å². The number of aryl methyl sites for hydroxylation is 1. The molecular formula is C23H26ClN3O3. The lowest BCUT2D eigenvalue weighted by molar-refractivity contribution is -0.124. The monoisotopic (exact) mass is 427 g/mol. The number of carbonyl (C=O) groups excluding carboxylic acids is 3. The highest BCUT2D eigenvalue weighted by Crippen LogP contribution is 2.28. The molecule has 1 heterocycles. The summed E-state index contributed by atoms with van der Waals surface area (Å²) in [6.07, 6.45) is 0.814. The predicted molar refractivity (Wildman–Crippen MR) is 119 cm³/mol. The number of halogens is 1. The minimum Gasteiger partial charge on any atom is -0.326 e. The summed E-state index contributed by atoms with van der Waals surface area (Å²) in [6.45, 7) is 6.38. The van der Waals surface area contributed by atoms with Crippen LogP contribution in [0.15, 0.2) is 48.5 Å². The Kier molecular flexibility index (Phi) is 6.77. The molecule has 0 aromatic heterocycles. The van der Waals surface area contributed by atoms with Gasteiger partial charge in [0.05, 0.1) is 12.1 Å². The number of carbonyl (C=O) groups is 3. The SMILES string of the molecule is CCc1ccc(NC(=O)C[C@H]2C(=O)N(c3ccc(Cl)cc3)C(=O)N2CC(C)C)cc1. The number of hydrogen-bond donors (Lipinski definition) is 1. The van der Waals surface area contributed by atoms with Crippen LogP contribution in [-0.2, 0) is 16.0 Å². The molecule has 1 atom stereocenters. The predicted octanol–water partition coefficient (Wildman–Crippen LogP) is 4.72. The first-order valence-corrected chi connectivity index (χ1v) is 10.5. The average molecular weight is 428 g/mol. The molecule has 1 saturated heterocycles. The molecule has 1 fully saturated rings. The number of urea groups is 1. The van der Waals surface area contributed by atoms with Crippen LogP contribution in [0, 0.1) is 5.92 Å². The molecule has 0 unspecified atom stereocenters. The maximum atomic E-state index is 13.1. The lowest BCUT2D eigenvalue weighted by atomic mass is 10.1. The summed E-state index contributed by atoms with van der Waals surface area (Å²) in [7, 11) is 0. The van der Waals surface area contributed by atoms with Crippen molar-refractivity contribution in [3.63, 3.8) is 0 Å². The number of imide groups is 1. The topological polar surface area (TPSA) is 69.7 Å². The quantitative estimate of drug-likeness (QED) is 0.649. The number of amides is 4. The molecule has 0 bridgehead atoms. The van der Waals surface area contributed by atoms with Crippen LogP contribution < -0.4 is 10.2 Å². The smallest absolute Gasteiger partial charge is 0.326 e. The zero-order valence-electron chi connectivity index (χ0n) is 17.4. The normalized spacial score (nSPS) is 16.5. The first kappa shape index (κ1) is 21.8. The van der Waals surface area contributed by atoms with E-state index in [1.807, 2.05) is 38.1 Å². The summed E-state index contributed by atoms with van der Waals surface area (Å²) < 4.78 is 0. The van der Waals surface area contributed by atoms with E-state index in [4.69, 9.17) is 11.6 Å². The Balaban J connectivity index is 1.79. The number of anilines is 2. The van der Waals surface area contributed by atoms with Gasteiger partial charge in [-0.15, -0.1) is 0 Å². The van der Waals surface area contributed by atoms with E-state index in [0.29, 0.717) is 22.9 Å². The van der Waals surface area contributed by atoms with Crippen LogP contribution in [0.25, 0.3) is 0 Å². The fourth-order valence-corrected chi connectivity index (χ4v) is 3.60. The first-order chi connectivity index (χ1) is 14.3. The van der Waals surface area contributed by atoms with Crippen LogP contribution in [0.3, 0.4) is 0 Å². The fourth-order valence-electron chi connectivity index (χ4n) is 3.47. The third kappa shape index (κ3) is 4.82. The highest BCUT2D eigenvalue weighted by Gasteiger charge is 2.46. The van der Waals surface area contributed by atoms with Crippen molar-refractivity contribution in [2.24, 2.45) is 5.92 Å². The number of nitrogens with one attached hydrogen (secondary N) is 1. The van der Waals surface area contributed by atoms with Gasteiger partial charge in [-0.3, -0.25) is 9.59 Å². The second-order valence-electron chi connectivity index (χ2n) is 7.80. The number of hydrogen-bond acceptors (Lipinski definition) is 3. The van der Waals surface area contributed by atoms with Gasteiger partial charge in [-0.05, 0) is 54.3 Å². The Labute approximate surface area is 181 Å². The molecule has 0 radical (unpaired) electrons. The van der Waals surface area contributed by atoms with Crippen LogP contribution in [0.1, 0.15) is 32.8 Å². The molecule has 0 saturated carbocycles. The van der Waals surface area contributed by atoms with Crippen LogP contribution in [0.4, 0.5) is 16.2 Å². The number of benzene rings is 2. The Morgan fingerprint density at radius 2 is 1.70 bits per heavy atom. The van der Waals surface area contributed by atoms with Crippen molar-refractivity contribution in [2.75, 3.05) is 16.8 Å².